The molecule has 2 saturated carbocycles. The number of amides is 2. The van der Waals surface area contributed by atoms with Crippen molar-refractivity contribution in [3.8, 4) is 0 Å². The number of rotatable bonds is 2. The van der Waals surface area contributed by atoms with Crippen LogP contribution in [0.15, 0.2) is 58.4 Å². The van der Waals surface area contributed by atoms with Crippen LogP contribution in [0.4, 0.5) is 18.9 Å². The molecule has 3 fully saturated rings. The molecule has 40 heavy (non-hydrogen) atoms. The third-order valence-electron chi connectivity index (χ3n) is 9.31. The van der Waals surface area contributed by atoms with Gasteiger partial charge in [0.2, 0.25) is 11.8 Å². The molecular formula is C30H27F3N2O3S2. The number of halogens is 3. The van der Waals surface area contributed by atoms with Gasteiger partial charge >= 0.3 is 11.0 Å². The van der Waals surface area contributed by atoms with Gasteiger partial charge in [0.25, 0.3) is 0 Å². The van der Waals surface area contributed by atoms with Crippen molar-refractivity contribution in [3.05, 3.63) is 79.8 Å². The predicted molar refractivity (Wildman–Crippen MR) is 148 cm³/mol. The number of fused-ring (bicyclic) bond motifs is 9. The van der Waals surface area contributed by atoms with Crippen molar-refractivity contribution in [1.82, 2.24) is 4.98 Å². The molecule has 1 aromatic heterocycles. The number of hydrogen-bond donors (Lipinski definition) is 1. The number of carbonyl (C=O) groups excluding carboxylic acids is 2. The molecule has 0 unspecified atom stereocenters. The third-order valence-corrected chi connectivity index (χ3v) is 11.9. The minimum Gasteiger partial charge on any atom is -0.307 e. The van der Waals surface area contributed by atoms with Crippen LogP contribution >= 0.6 is 23.1 Å². The molecule has 0 radical (unpaired) electrons. The summed E-state index contributed by atoms with van der Waals surface area (Å²) in [6, 6.07) is 13.2. The van der Waals surface area contributed by atoms with Crippen molar-refractivity contribution in [2.75, 3.05) is 4.90 Å². The Bertz CT molecular complexity index is 1600. The van der Waals surface area contributed by atoms with E-state index >= 15 is 0 Å². The molecule has 0 spiro atoms. The largest absolute Gasteiger partial charge is 0.418 e. The average molecular weight is 585 g/mol. The number of aromatic nitrogens is 1. The van der Waals surface area contributed by atoms with Gasteiger partial charge in [-0.05, 0) is 52.8 Å². The lowest BCUT2D eigenvalue weighted by molar-refractivity contribution is -0.137. The van der Waals surface area contributed by atoms with Crippen molar-refractivity contribution in [1.29, 1.82) is 0 Å². The van der Waals surface area contributed by atoms with E-state index in [-0.39, 0.29) is 44.9 Å². The Morgan fingerprint density at radius 2 is 1.55 bits per heavy atom. The van der Waals surface area contributed by atoms with Crippen LogP contribution in [-0.4, -0.2) is 22.0 Å². The number of aromatic amines is 1. The molecule has 2 amide bonds. The van der Waals surface area contributed by atoms with Gasteiger partial charge in [-0.1, -0.05) is 68.5 Å². The zero-order valence-corrected chi connectivity index (χ0v) is 23.6. The van der Waals surface area contributed by atoms with Crippen molar-refractivity contribution in [2.24, 2.45) is 29.6 Å². The molecular weight excluding hydrogens is 557 g/mol. The molecule has 4 aliphatic rings. The molecule has 7 rings (SSSR count). The highest BCUT2D eigenvalue weighted by Crippen LogP contribution is 2.68. The molecule has 5 nitrogen and oxygen atoms in total. The second-order valence-corrected chi connectivity index (χ2v) is 14.6. The number of thioether (sulfide) groups is 1. The summed E-state index contributed by atoms with van der Waals surface area (Å²) in [7, 11) is 0. The minimum atomic E-state index is -4.69. The van der Waals surface area contributed by atoms with Gasteiger partial charge in [0.05, 0.1) is 28.1 Å². The summed E-state index contributed by atoms with van der Waals surface area (Å²) < 4.78 is 41.6. The number of anilines is 1. The quantitative estimate of drug-likeness (QED) is 0.353. The molecule has 3 heterocycles. The molecule has 208 valence electrons. The Morgan fingerprint density at radius 1 is 0.900 bits per heavy atom. The number of carbonyl (C=O) groups is 2. The first-order chi connectivity index (χ1) is 18.9. The molecule has 1 saturated heterocycles. The van der Waals surface area contributed by atoms with Crippen LogP contribution in [0.25, 0.3) is 0 Å². The van der Waals surface area contributed by atoms with E-state index < -0.39 is 35.4 Å². The second-order valence-electron chi connectivity index (χ2n) is 12.4. The number of nitrogens with zero attached hydrogens (tertiary/aromatic N) is 1. The first-order valence-electron chi connectivity index (χ1n) is 13.4. The van der Waals surface area contributed by atoms with Crippen molar-refractivity contribution >= 4 is 40.6 Å². The summed E-state index contributed by atoms with van der Waals surface area (Å²) >= 11 is 2.76. The van der Waals surface area contributed by atoms with E-state index in [1.54, 1.807) is 11.8 Å². The summed E-state index contributed by atoms with van der Waals surface area (Å²) in [6.45, 7) is 6.44. The standard InChI is InChI=1S/C30H27F3N2O3S2/c1-29(2,3)14-10-8-13(9-11-14)19-20-15-12-16(23(20)39-25-24(19)40-28(38)34-25)22-21(15)26(36)35(27(22)37)18-7-5-4-6-17(18)30(31,32)33/h4-11,15-16,19-23H,12H2,1-3H3,(H,34,38)/t15-,16-,19+,20+,21+,22+,23-/m1/s1. The first kappa shape index (κ1) is 26.1. The van der Waals surface area contributed by atoms with Crippen LogP contribution in [0.3, 0.4) is 0 Å². The van der Waals surface area contributed by atoms with E-state index in [0.717, 1.165) is 26.4 Å². The molecule has 2 bridgehead atoms. The summed E-state index contributed by atoms with van der Waals surface area (Å²) in [5.41, 5.74) is 0.850. The fraction of sp³-hybridized carbons (Fsp3) is 0.433. The van der Waals surface area contributed by atoms with Crippen LogP contribution in [0, 0.1) is 29.6 Å². The number of nitrogens with one attached hydrogen (secondary N) is 1. The van der Waals surface area contributed by atoms with Gasteiger partial charge in [-0.2, -0.15) is 13.2 Å². The van der Waals surface area contributed by atoms with Gasteiger partial charge in [0.15, 0.2) is 0 Å². The van der Waals surface area contributed by atoms with Crippen LogP contribution in [-0.2, 0) is 21.2 Å². The molecule has 2 aliphatic carbocycles. The second kappa shape index (κ2) is 8.58. The van der Waals surface area contributed by atoms with E-state index in [0.29, 0.717) is 6.42 Å². The van der Waals surface area contributed by atoms with Crippen molar-refractivity contribution in [3.63, 3.8) is 0 Å². The van der Waals surface area contributed by atoms with Crippen LogP contribution in [0.1, 0.15) is 54.7 Å². The lowest BCUT2D eigenvalue weighted by Crippen LogP contribution is -2.42. The summed E-state index contributed by atoms with van der Waals surface area (Å²) in [4.78, 5) is 44.7. The van der Waals surface area contributed by atoms with E-state index in [4.69, 9.17) is 0 Å². The van der Waals surface area contributed by atoms with E-state index in [1.165, 1.54) is 35.1 Å². The summed E-state index contributed by atoms with van der Waals surface area (Å²) in [5, 5.41) is 0.784. The van der Waals surface area contributed by atoms with Crippen molar-refractivity contribution in [2.45, 2.75) is 55.0 Å². The molecule has 3 aromatic rings. The molecule has 2 aromatic carbocycles. The predicted octanol–water partition coefficient (Wildman–Crippen LogP) is 6.43. The maximum atomic E-state index is 13.9. The number of benzene rings is 2. The van der Waals surface area contributed by atoms with Gasteiger partial charge in [-0.3, -0.25) is 14.4 Å². The Morgan fingerprint density at radius 3 is 2.20 bits per heavy atom. The highest BCUT2D eigenvalue weighted by molar-refractivity contribution is 8.00. The maximum Gasteiger partial charge on any atom is 0.418 e. The Labute approximate surface area is 237 Å². The Kier molecular flexibility index (Phi) is 5.59. The van der Waals surface area contributed by atoms with Crippen LogP contribution < -0.4 is 9.77 Å². The van der Waals surface area contributed by atoms with Gasteiger partial charge in [-0.15, -0.1) is 11.8 Å². The highest BCUT2D eigenvalue weighted by atomic mass is 32.2. The smallest absolute Gasteiger partial charge is 0.307 e. The zero-order valence-electron chi connectivity index (χ0n) is 22.0. The minimum absolute atomic E-state index is 0.00903. The first-order valence-corrected chi connectivity index (χ1v) is 15.1. The van der Waals surface area contributed by atoms with Gasteiger partial charge in [0.1, 0.15) is 0 Å². The number of H-pyrrole nitrogens is 1. The van der Waals surface area contributed by atoms with E-state index in [1.807, 2.05) is 0 Å². The molecule has 10 heteroatoms. The van der Waals surface area contributed by atoms with E-state index in [2.05, 4.69) is 50.0 Å². The molecule has 2 aliphatic heterocycles. The fourth-order valence-corrected chi connectivity index (χ4v) is 10.6. The normalized spacial score (nSPS) is 30.9. The van der Waals surface area contributed by atoms with Gasteiger partial charge in [0, 0.05) is 16.0 Å². The average Bonchev–Trinajstić information content (AvgIpc) is 3.62. The third kappa shape index (κ3) is 3.64. The Balaban J connectivity index is 1.31. The van der Waals surface area contributed by atoms with Crippen LogP contribution in [0.2, 0.25) is 0 Å². The maximum absolute atomic E-state index is 13.9. The fourth-order valence-electron chi connectivity index (χ4n) is 7.73. The zero-order chi connectivity index (χ0) is 28.3. The van der Waals surface area contributed by atoms with E-state index in [9.17, 15) is 27.6 Å². The number of imide groups is 1. The topological polar surface area (TPSA) is 70.2 Å². The number of thiazole rings is 1. The SMILES string of the molecule is CC(C)(C)c1ccc([C@@H]2c3sc(=O)[nH]c3S[C@@H]3[C@@H]4C[C@@H]([C@@H]5C(=O)N(c6ccccc6C(F)(F)F)C(=O)[C@@H]45)[C@@H]23)cc1. The molecule has 1 N–H and O–H groups in total. The Hall–Kier alpha value is -2.85. The summed E-state index contributed by atoms with van der Waals surface area (Å²) in [5.74, 6) is -2.83. The van der Waals surface area contributed by atoms with Gasteiger partial charge < -0.3 is 4.98 Å². The summed E-state index contributed by atoms with van der Waals surface area (Å²) in [6.07, 6.45) is -4.01. The van der Waals surface area contributed by atoms with Crippen LogP contribution in [0.5, 0.6) is 0 Å². The highest BCUT2D eigenvalue weighted by Gasteiger charge is 2.70. The number of para-hydroxylation sites is 1. The number of alkyl halides is 3. The molecule has 7 atom stereocenters. The lowest BCUT2D eigenvalue weighted by atomic mass is 9.68. The monoisotopic (exact) mass is 584 g/mol. The van der Waals surface area contributed by atoms with Crippen molar-refractivity contribution < 1.29 is 22.8 Å². The van der Waals surface area contributed by atoms with Gasteiger partial charge in [-0.25, -0.2) is 4.90 Å². The lowest BCUT2D eigenvalue weighted by Gasteiger charge is -2.43. The number of hydrogen-bond acceptors (Lipinski definition) is 5.